The molecule has 2 aromatic heterocycles. The van der Waals surface area contributed by atoms with E-state index >= 15 is 0 Å². The molecule has 1 amide bonds. The fourth-order valence-corrected chi connectivity index (χ4v) is 3.27. The fourth-order valence-electron chi connectivity index (χ4n) is 2.11. The van der Waals surface area contributed by atoms with Crippen molar-refractivity contribution in [2.45, 2.75) is 17.3 Å². The molecule has 0 aliphatic carbocycles. The minimum atomic E-state index is -0.489. The number of carbonyl (C=O) groups is 1. The zero-order chi connectivity index (χ0) is 18.7. The minimum absolute atomic E-state index is 0.223. The SMILES string of the molecule is C[C@H](Sc1nnc(-c2ccccc2Cl)n1N)C(=O)Nc1cccnc1Cl. The average Bonchev–Trinajstić information content (AvgIpc) is 2.98. The second-order valence-corrected chi connectivity index (χ2v) is 7.32. The van der Waals surface area contributed by atoms with Crippen molar-refractivity contribution in [1.82, 2.24) is 19.9 Å². The highest BCUT2D eigenvalue weighted by Gasteiger charge is 2.21. The van der Waals surface area contributed by atoms with E-state index in [1.807, 2.05) is 12.1 Å². The van der Waals surface area contributed by atoms with Gasteiger partial charge in [-0.05, 0) is 31.2 Å². The summed E-state index contributed by atoms with van der Waals surface area (Å²) in [4.78, 5) is 16.3. The van der Waals surface area contributed by atoms with Gasteiger partial charge in [0.05, 0.1) is 16.0 Å². The number of nitrogens with one attached hydrogen (secondary N) is 1. The molecule has 3 rings (SSSR count). The first-order valence-electron chi connectivity index (χ1n) is 7.51. The first-order valence-corrected chi connectivity index (χ1v) is 9.14. The number of hydrogen-bond donors (Lipinski definition) is 2. The van der Waals surface area contributed by atoms with Crippen LogP contribution in [0.1, 0.15) is 6.92 Å². The maximum atomic E-state index is 12.4. The summed E-state index contributed by atoms with van der Waals surface area (Å²) in [6.45, 7) is 1.73. The van der Waals surface area contributed by atoms with Crippen LogP contribution in [0.4, 0.5) is 5.69 Å². The van der Waals surface area contributed by atoms with E-state index in [0.717, 1.165) is 0 Å². The Morgan fingerprint density at radius 3 is 2.73 bits per heavy atom. The van der Waals surface area contributed by atoms with Crippen LogP contribution in [0.3, 0.4) is 0 Å². The van der Waals surface area contributed by atoms with E-state index in [9.17, 15) is 4.79 Å². The topological polar surface area (TPSA) is 98.7 Å². The lowest BCUT2D eigenvalue weighted by Crippen LogP contribution is -2.24. The molecule has 1 aromatic carbocycles. The molecule has 0 fully saturated rings. The van der Waals surface area contributed by atoms with Crippen LogP contribution in [0, 0.1) is 0 Å². The molecule has 0 aliphatic heterocycles. The number of rotatable bonds is 5. The van der Waals surface area contributed by atoms with Gasteiger partial charge >= 0.3 is 0 Å². The van der Waals surface area contributed by atoms with Crippen molar-refractivity contribution in [3.05, 3.63) is 52.8 Å². The van der Waals surface area contributed by atoms with Crippen molar-refractivity contribution in [2.75, 3.05) is 11.2 Å². The lowest BCUT2D eigenvalue weighted by molar-refractivity contribution is -0.115. The van der Waals surface area contributed by atoms with Crippen LogP contribution in [0.2, 0.25) is 10.2 Å². The highest BCUT2D eigenvalue weighted by atomic mass is 35.5. The second kappa shape index (κ2) is 7.94. The van der Waals surface area contributed by atoms with Gasteiger partial charge in [-0.15, -0.1) is 10.2 Å². The maximum absolute atomic E-state index is 12.4. The van der Waals surface area contributed by atoms with Crippen molar-refractivity contribution in [3.8, 4) is 11.4 Å². The molecule has 0 aliphatic rings. The largest absolute Gasteiger partial charge is 0.335 e. The van der Waals surface area contributed by atoms with Crippen LogP contribution in [0.25, 0.3) is 11.4 Å². The number of aromatic nitrogens is 4. The van der Waals surface area contributed by atoms with E-state index in [1.165, 1.54) is 16.4 Å². The zero-order valence-corrected chi connectivity index (χ0v) is 15.9. The Labute approximate surface area is 163 Å². The van der Waals surface area contributed by atoms with Crippen LogP contribution in [-0.2, 0) is 4.79 Å². The van der Waals surface area contributed by atoms with Gasteiger partial charge in [0.1, 0.15) is 0 Å². The number of anilines is 1. The average molecular weight is 409 g/mol. The van der Waals surface area contributed by atoms with Crippen LogP contribution < -0.4 is 11.2 Å². The first kappa shape index (κ1) is 18.5. The predicted octanol–water partition coefficient (Wildman–Crippen LogP) is 3.48. The van der Waals surface area contributed by atoms with Crippen LogP contribution in [0.5, 0.6) is 0 Å². The lowest BCUT2D eigenvalue weighted by Gasteiger charge is -2.12. The quantitative estimate of drug-likeness (QED) is 0.380. The Balaban J connectivity index is 1.74. The summed E-state index contributed by atoms with van der Waals surface area (Å²) in [7, 11) is 0. The summed E-state index contributed by atoms with van der Waals surface area (Å²) in [5.41, 5.74) is 1.10. The van der Waals surface area contributed by atoms with E-state index in [4.69, 9.17) is 29.0 Å². The molecule has 134 valence electrons. The van der Waals surface area contributed by atoms with Gasteiger partial charge in [-0.25, -0.2) is 9.66 Å². The Hall–Kier alpha value is -2.29. The van der Waals surface area contributed by atoms with Crippen LogP contribution >= 0.6 is 35.0 Å². The van der Waals surface area contributed by atoms with Gasteiger partial charge in [0.25, 0.3) is 0 Å². The summed E-state index contributed by atoms with van der Waals surface area (Å²) in [6.07, 6.45) is 1.54. The molecule has 0 bridgehead atoms. The molecular weight excluding hydrogens is 395 g/mol. The number of nitrogens with zero attached hydrogens (tertiary/aromatic N) is 4. The molecule has 10 heteroatoms. The van der Waals surface area contributed by atoms with Gasteiger partial charge in [-0.1, -0.05) is 47.1 Å². The van der Waals surface area contributed by atoms with E-state index in [-0.39, 0.29) is 11.1 Å². The molecule has 1 atom stereocenters. The van der Waals surface area contributed by atoms with E-state index in [1.54, 1.807) is 37.4 Å². The van der Waals surface area contributed by atoms with Gasteiger partial charge in [-0.2, -0.15) is 0 Å². The molecule has 0 saturated heterocycles. The standard InChI is InChI=1S/C16H14Cl2N6OS/c1-9(15(25)21-12-7-4-8-20-13(12)18)26-16-23-22-14(24(16)19)10-5-2-3-6-11(10)17/h2-9H,19H2,1H3,(H,21,25)/t9-/m0/s1. The molecular formula is C16H14Cl2N6OS. The minimum Gasteiger partial charge on any atom is -0.335 e. The number of nitrogen functional groups attached to an aromatic ring is 1. The molecule has 0 saturated carbocycles. The number of thioether (sulfide) groups is 1. The predicted molar refractivity (Wildman–Crippen MR) is 104 cm³/mol. The first-order chi connectivity index (χ1) is 12.5. The highest BCUT2D eigenvalue weighted by Crippen LogP contribution is 2.29. The van der Waals surface area contributed by atoms with E-state index in [0.29, 0.717) is 27.3 Å². The lowest BCUT2D eigenvalue weighted by atomic mass is 10.2. The van der Waals surface area contributed by atoms with Crippen molar-refractivity contribution >= 4 is 46.6 Å². The normalized spacial score (nSPS) is 12.0. The van der Waals surface area contributed by atoms with Crippen molar-refractivity contribution in [1.29, 1.82) is 0 Å². The van der Waals surface area contributed by atoms with E-state index in [2.05, 4.69) is 20.5 Å². The smallest absolute Gasteiger partial charge is 0.237 e. The fraction of sp³-hybridized carbons (Fsp3) is 0.125. The summed E-state index contributed by atoms with van der Waals surface area (Å²) in [5, 5.41) is 11.5. The summed E-state index contributed by atoms with van der Waals surface area (Å²) in [5.74, 6) is 6.24. The number of carbonyl (C=O) groups excluding carboxylic acids is 1. The Morgan fingerprint density at radius 1 is 1.23 bits per heavy atom. The maximum Gasteiger partial charge on any atom is 0.237 e. The molecule has 0 radical (unpaired) electrons. The number of halogens is 2. The summed E-state index contributed by atoms with van der Waals surface area (Å²) < 4.78 is 1.31. The van der Waals surface area contributed by atoms with Crippen molar-refractivity contribution in [2.24, 2.45) is 0 Å². The molecule has 0 spiro atoms. The number of amides is 1. The molecule has 26 heavy (non-hydrogen) atoms. The van der Waals surface area contributed by atoms with Crippen molar-refractivity contribution in [3.63, 3.8) is 0 Å². The second-order valence-electron chi connectivity index (χ2n) is 5.25. The zero-order valence-electron chi connectivity index (χ0n) is 13.6. The Morgan fingerprint density at radius 2 is 2.00 bits per heavy atom. The molecule has 3 N–H and O–H groups in total. The summed E-state index contributed by atoms with van der Waals surface area (Å²) >= 11 is 13.3. The summed E-state index contributed by atoms with van der Waals surface area (Å²) in [6, 6.07) is 10.5. The number of benzene rings is 1. The monoisotopic (exact) mass is 408 g/mol. The Kier molecular flexibility index (Phi) is 5.65. The number of nitrogens with two attached hydrogens (primary N) is 1. The third kappa shape index (κ3) is 3.92. The number of pyridine rings is 1. The van der Waals surface area contributed by atoms with Crippen LogP contribution in [-0.4, -0.2) is 31.0 Å². The van der Waals surface area contributed by atoms with Crippen LogP contribution in [0.15, 0.2) is 47.8 Å². The molecule has 7 nitrogen and oxygen atoms in total. The highest BCUT2D eigenvalue weighted by molar-refractivity contribution is 8.00. The third-order valence-electron chi connectivity index (χ3n) is 3.45. The van der Waals surface area contributed by atoms with Gasteiger partial charge in [0.15, 0.2) is 11.0 Å². The van der Waals surface area contributed by atoms with Crippen molar-refractivity contribution < 1.29 is 4.79 Å². The van der Waals surface area contributed by atoms with Gasteiger partial charge in [0, 0.05) is 11.8 Å². The Bertz CT molecular complexity index is 948. The van der Waals surface area contributed by atoms with Gasteiger partial charge < -0.3 is 11.2 Å². The molecule has 0 unspecified atom stereocenters. The third-order valence-corrected chi connectivity index (χ3v) is 5.14. The van der Waals surface area contributed by atoms with Gasteiger partial charge in [0.2, 0.25) is 11.1 Å². The number of hydrogen-bond acceptors (Lipinski definition) is 6. The van der Waals surface area contributed by atoms with E-state index < -0.39 is 5.25 Å². The molecule has 3 aromatic rings. The van der Waals surface area contributed by atoms with Gasteiger partial charge in [-0.3, -0.25) is 4.79 Å². The molecule has 2 heterocycles.